The third-order valence-electron chi connectivity index (χ3n) is 5.64. The average Bonchev–Trinajstić information content (AvgIpc) is 2.76. The van der Waals surface area contributed by atoms with Crippen LogP contribution in [0.1, 0.15) is 49.4 Å². The molecule has 2 aromatic rings. The Kier molecular flexibility index (Phi) is 7.42. The summed E-state index contributed by atoms with van der Waals surface area (Å²) in [4.78, 5) is 29.2. The molecule has 1 fully saturated rings. The standard InChI is InChI=1S/C24H31N3O2/c1-3-27(22-12-8-5-9-13-22)24(29)19-14-16-20(17-15-19)25-23(28)18-26(2)21-10-6-4-7-11-21/h5,8-9,12-17,21H,3-4,6-7,10-11,18H2,1-2H3,(H,25,28). The summed E-state index contributed by atoms with van der Waals surface area (Å²) in [6, 6.07) is 17.3. The minimum absolute atomic E-state index is 0.0170. The largest absolute Gasteiger partial charge is 0.325 e. The normalized spacial score (nSPS) is 14.6. The van der Waals surface area contributed by atoms with Gasteiger partial charge in [-0.15, -0.1) is 0 Å². The average molecular weight is 394 g/mol. The van der Waals surface area contributed by atoms with Crippen LogP contribution >= 0.6 is 0 Å². The van der Waals surface area contributed by atoms with Crippen molar-refractivity contribution < 1.29 is 9.59 Å². The highest BCUT2D eigenvalue weighted by molar-refractivity contribution is 6.06. The molecule has 0 radical (unpaired) electrons. The van der Waals surface area contributed by atoms with E-state index in [-0.39, 0.29) is 11.8 Å². The van der Waals surface area contributed by atoms with Gasteiger partial charge in [-0.05, 0) is 63.2 Å². The van der Waals surface area contributed by atoms with Crippen molar-refractivity contribution in [3.63, 3.8) is 0 Å². The zero-order valence-electron chi connectivity index (χ0n) is 17.4. The van der Waals surface area contributed by atoms with Crippen LogP contribution in [0.2, 0.25) is 0 Å². The second kappa shape index (κ2) is 10.2. The van der Waals surface area contributed by atoms with E-state index in [1.54, 1.807) is 29.2 Å². The third kappa shape index (κ3) is 5.67. The van der Waals surface area contributed by atoms with Crippen molar-refractivity contribution in [3.8, 4) is 0 Å². The molecule has 0 aromatic heterocycles. The number of carbonyl (C=O) groups excluding carboxylic acids is 2. The maximum Gasteiger partial charge on any atom is 0.258 e. The van der Waals surface area contributed by atoms with Crippen molar-refractivity contribution in [2.75, 3.05) is 30.4 Å². The lowest BCUT2D eigenvalue weighted by Crippen LogP contribution is -2.39. The fraction of sp³-hybridized carbons (Fsp3) is 0.417. The predicted molar refractivity (Wildman–Crippen MR) is 118 cm³/mol. The number of para-hydroxylation sites is 1. The Bertz CT molecular complexity index is 799. The van der Waals surface area contributed by atoms with Crippen LogP contribution in [0.5, 0.6) is 0 Å². The maximum absolute atomic E-state index is 12.9. The Morgan fingerprint density at radius 2 is 1.62 bits per heavy atom. The number of rotatable bonds is 7. The molecule has 2 aromatic carbocycles. The monoisotopic (exact) mass is 393 g/mol. The first-order valence-electron chi connectivity index (χ1n) is 10.6. The molecule has 5 nitrogen and oxygen atoms in total. The minimum atomic E-state index is -0.0476. The van der Waals surface area contributed by atoms with Gasteiger partial charge in [0.05, 0.1) is 6.54 Å². The highest BCUT2D eigenvalue weighted by atomic mass is 16.2. The number of hydrogen-bond donors (Lipinski definition) is 1. The SMILES string of the molecule is CCN(C(=O)c1ccc(NC(=O)CN(C)C2CCCCC2)cc1)c1ccccc1. The molecule has 0 unspecified atom stereocenters. The Hall–Kier alpha value is -2.66. The van der Waals surface area contributed by atoms with E-state index in [4.69, 9.17) is 0 Å². The molecular weight excluding hydrogens is 362 g/mol. The summed E-state index contributed by atoms with van der Waals surface area (Å²) in [5, 5.41) is 2.95. The second-order valence-corrected chi connectivity index (χ2v) is 7.72. The van der Waals surface area contributed by atoms with Crippen LogP contribution in [0, 0.1) is 0 Å². The predicted octanol–water partition coefficient (Wildman–Crippen LogP) is 4.56. The topological polar surface area (TPSA) is 52.7 Å². The number of anilines is 2. The van der Waals surface area contributed by atoms with Crippen molar-refractivity contribution in [1.29, 1.82) is 0 Å². The molecule has 5 heteroatoms. The summed E-state index contributed by atoms with van der Waals surface area (Å²) in [5.41, 5.74) is 2.20. The van der Waals surface area contributed by atoms with Gasteiger partial charge in [0, 0.05) is 29.5 Å². The lowest BCUT2D eigenvalue weighted by molar-refractivity contribution is -0.117. The van der Waals surface area contributed by atoms with Crippen LogP contribution in [-0.2, 0) is 4.79 Å². The number of nitrogens with zero attached hydrogens (tertiary/aromatic N) is 2. The molecule has 1 aliphatic carbocycles. The van der Waals surface area contributed by atoms with E-state index in [1.807, 2.05) is 44.3 Å². The summed E-state index contributed by atoms with van der Waals surface area (Å²) in [7, 11) is 2.03. The van der Waals surface area contributed by atoms with Gasteiger partial charge < -0.3 is 10.2 Å². The van der Waals surface area contributed by atoms with Crippen molar-refractivity contribution >= 4 is 23.2 Å². The first-order chi connectivity index (χ1) is 14.1. The number of amides is 2. The fourth-order valence-electron chi connectivity index (χ4n) is 3.98. The van der Waals surface area contributed by atoms with Crippen LogP contribution in [-0.4, -0.2) is 42.9 Å². The zero-order chi connectivity index (χ0) is 20.6. The van der Waals surface area contributed by atoms with Gasteiger partial charge in [0.2, 0.25) is 5.91 Å². The van der Waals surface area contributed by atoms with Crippen LogP contribution in [0.3, 0.4) is 0 Å². The van der Waals surface area contributed by atoms with E-state index in [0.29, 0.717) is 30.4 Å². The highest BCUT2D eigenvalue weighted by Gasteiger charge is 2.20. The quantitative estimate of drug-likeness (QED) is 0.750. The van der Waals surface area contributed by atoms with Crippen molar-refractivity contribution in [1.82, 2.24) is 4.90 Å². The molecule has 0 spiro atoms. The smallest absolute Gasteiger partial charge is 0.258 e. The Labute approximate surface area is 173 Å². The molecule has 0 saturated heterocycles. The third-order valence-corrected chi connectivity index (χ3v) is 5.64. The Morgan fingerprint density at radius 1 is 0.966 bits per heavy atom. The van der Waals surface area contributed by atoms with Crippen LogP contribution < -0.4 is 10.2 Å². The molecule has 0 aliphatic heterocycles. The maximum atomic E-state index is 12.9. The van der Waals surface area contributed by atoms with Gasteiger partial charge in [-0.3, -0.25) is 14.5 Å². The van der Waals surface area contributed by atoms with Gasteiger partial charge in [0.25, 0.3) is 5.91 Å². The van der Waals surface area contributed by atoms with Crippen molar-refractivity contribution in [2.45, 2.75) is 45.1 Å². The molecule has 29 heavy (non-hydrogen) atoms. The van der Waals surface area contributed by atoms with Gasteiger partial charge in [-0.2, -0.15) is 0 Å². The van der Waals surface area contributed by atoms with Crippen molar-refractivity contribution in [2.24, 2.45) is 0 Å². The van der Waals surface area contributed by atoms with Gasteiger partial charge in [0.1, 0.15) is 0 Å². The number of benzene rings is 2. The number of carbonyl (C=O) groups is 2. The summed E-state index contributed by atoms with van der Waals surface area (Å²) in [5.74, 6) is -0.0646. The van der Waals surface area contributed by atoms with E-state index in [9.17, 15) is 9.59 Å². The Balaban J connectivity index is 1.57. The lowest BCUT2D eigenvalue weighted by atomic mass is 9.94. The van der Waals surface area contributed by atoms with Gasteiger partial charge in [0.15, 0.2) is 0 Å². The molecular formula is C24H31N3O2. The lowest BCUT2D eigenvalue weighted by Gasteiger charge is -2.30. The van der Waals surface area contributed by atoms with E-state index < -0.39 is 0 Å². The second-order valence-electron chi connectivity index (χ2n) is 7.72. The summed E-state index contributed by atoms with van der Waals surface area (Å²) < 4.78 is 0. The molecule has 1 N–H and O–H groups in total. The summed E-state index contributed by atoms with van der Waals surface area (Å²) in [6.45, 7) is 2.94. The Morgan fingerprint density at radius 3 is 2.24 bits per heavy atom. The first kappa shape index (κ1) is 21.1. The van der Waals surface area contributed by atoms with Crippen LogP contribution in [0.4, 0.5) is 11.4 Å². The van der Waals surface area contributed by atoms with E-state index in [0.717, 1.165) is 5.69 Å². The van der Waals surface area contributed by atoms with E-state index >= 15 is 0 Å². The molecule has 0 atom stereocenters. The van der Waals surface area contributed by atoms with Crippen LogP contribution in [0.15, 0.2) is 54.6 Å². The van der Waals surface area contributed by atoms with E-state index in [1.165, 1.54) is 32.1 Å². The van der Waals surface area contributed by atoms with E-state index in [2.05, 4.69) is 10.2 Å². The summed E-state index contributed by atoms with van der Waals surface area (Å²) >= 11 is 0. The molecule has 2 amide bonds. The highest BCUT2D eigenvalue weighted by Crippen LogP contribution is 2.22. The van der Waals surface area contributed by atoms with Crippen LogP contribution in [0.25, 0.3) is 0 Å². The summed E-state index contributed by atoms with van der Waals surface area (Å²) in [6.07, 6.45) is 6.17. The van der Waals surface area contributed by atoms with Gasteiger partial charge in [-0.1, -0.05) is 37.5 Å². The minimum Gasteiger partial charge on any atom is -0.325 e. The zero-order valence-corrected chi connectivity index (χ0v) is 17.4. The van der Waals surface area contributed by atoms with Gasteiger partial charge >= 0.3 is 0 Å². The number of likely N-dealkylation sites (N-methyl/N-ethyl adjacent to an activating group) is 1. The first-order valence-corrected chi connectivity index (χ1v) is 10.6. The molecule has 0 heterocycles. The molecule has 3 rings (SSSR count). The molecule has 1 saturated carbocycles. The molecule has 0 bridgehead atoms. The van der Waals surface area contributed by atoms with Crippen molar-refractivity contribution in [3.05, 3.63) is 60.2 Å². The molecule has 1 aliphatic rings. The van der Waals surface area contributed by atoms with Gasteiger partial charge in [-0.25, -0.2) is 0 Å². The molecule has 154 valence electrons. The fourth-order valence-corrected chi connectivity index (χ4v) is 3.98. The number of nitrogens with one attached hydrogen (secondary N) is 1. The number of hydrogen-bond acceptors (Lipinski definition) is 3.